The number of hydrogen-bond donors (Lipinski definition) is 0. The smallest absolute Gasteiger partial charge is 0.363 e. The van der Waals surface area contributed by atoms with Crippen molar-refractivity contribution in [2.24, 2.45) is 4.99 Å². The number of cyclic esters (lactones) is 1. The molecule has 0 saturated carbocycles. The van der Waals surface area contributed by atoms with Crippen LogP contribution in [-0.2, 0) is 16.1 Å². The highest BCUT2D eigenvalue weighted by Gasteiger charge is 2.24. The molecule has 6 heteroatoms. The fourth-order valence-corrected chi connectivity index (χ4v) is 3.21. The minimum Gasteiger partial charge on any atom is -0.489 e. The van der Waals surface area contributed by atoms with E-state index in [1.807, 2.05) is 72.8 Å². The van der Waals surface area contributed by atoms with Crippen LogP contribution in [-0.4, -0.2) is 11.9 Å². The molecule has 0 atom stereocenters. The summed E-state index contributed by atoms with van der Waals surface area (Å²) < 4.78 is 12.0. The molecule has 0 aliphatic carbocycles. The topological polar surface area (TPSA) is 47.9 Å². The van der Waals surface area contributed by atoms with Gasteiger partial charge in [0.25, 0.3) is 0 Å². The summed E-state index contributed by atoms with van der Waals surface area (Å²) in [6.07, 6.45) is 1.69. The van der Waals surface area contributed by atoms with Gasteiger partial charge in [-0.25, -0.2) is 9.79 Å². The first-order valence-electron chi connectivity index (χ1n) is 8.83. The number of aliphatic imine (C=N–C) groups is 1. The van der Waals surface area contributed by atoms with Crippen LogP contribution in [0, 0.1) is 0 Å². The number of ether oxygens (including phenoxy) is 2. The first-order chi connectivity index (χ1) is 14.1. The Morgan fingerprint density at radius 3 is 2.52 bits per heavy atom. The number of hydrogen-bond acceptors (Lipinski definition) is 4. The molecule has 0 unspecified atom stereocenters. The van der Waals surface area contributed by atoms with Crippen LogP contribution in [0.25, 0.3) is 6.08 Å². The summed E-state index contributed by atoms with van der Waals surface area (Å²) in [4.78, 5) is 16.5. The number of nitrogens with zero attached hydrogens (tertiary/aromatic N) is 1. The predicted molar refractivity (Wildman–Crippen MR) is 117 cm³/mol. The van der Waals surface area contributed by atoms with Crippen molar-refractivity contribution in [3.05, 3.63) is 105 Å². The zero-order valence-electron chi connectivity index (χ0n) is 15.1. The van der Waals surface area contributed by atoms with Crippen molar-refractivity contribution >= 4 is 45.5 Å². The van der Waals surface area contributed by atoms with Crippen molar-refractivity contribution in [3.8, 4) is 5.75 Å². The first-order valence-corrected chi connectivity index (χ1v) is 10.00. The second-order valence-electron chi connectivity index (χ2n) is 6.33. The molecule has 1 heterocycles. The fraction of sp³-hybridized carbons (Fsp3) is 0.0435. The van der Waals surface area contributed by atoms with Crippen LogP contribution in [0.1, 0.15) is 16.7 Å². The third-order valence-electron chi connectivity index (χ3n) is 4.19. The Bertz CT molecular complexity index is 1110. The summed E-state index contributed by atoms with van der Waals surface area (Å²) in [5.41, 5.74) is 2.82. The van der Waals surface area contributed by atoms with E-state index in [9.17, 15) is 4.79 Å². The average molecular weight is 469 g/mol. The van der Waals surface area contributed by atoms with Crippen LogP contribution in [0.2, 0.25) is 5.02 Å². The lowest BCUT2D eigenvalue weighted by atomic mass is 10.2. The summed E-state index contributed by atoms with van der Waals surface area (Å²) in [7, 11) is 0. The number of rotatable bonds is 5. The van der Waals surface area contributed by atoms with Crippen LogP contribution in [0.3, 0.4) is 0 Å². The Kier molecular flexibility index (Phi) is 5.79. The second-order valence-corrected chi connectivity index (χ2v) is 7.68. The average Bonchev–Trinajstić information content (AvgIpc) is 3.08. The van der Waals surface area contributed by atoms with Crippen molar-refractivity contribution < 1.29 is 14.3 Å². The van der Waals surface area contributed by atoms with Gasteiger partial charge in [-0.05, 0) is 65.7 Å². The SMILES string of the molecule is O=C1OC(c2ccc(Br)cc2)=N/C1=C\c1ccc(OCc2cccc(Cl)c2)cc1. The Labute approximate surface area is 181 Å². The summed E-state index contributed by atoms with van der Waals surface area (Å²) in [6, 6.07) is 22.4. The van der Waals surface area contributed by atoms with Gasteiger partial charge in [0.1, 0.15) is 12.4 Å². The van der Waals surface area contributed by atoms with Gasteiger partial charge >= 0.3 is 5.97 Å². The lowest BCUT2D eigenvalue weighted by Crippen LogP contribution is -2.05. The molecule has 0 fully saturated rings. The number of halogens is 2. The third-order valence-corrected chi connectivity index (χ3v) is 4.95. The van der Waals surface area contributed by atoms with Gasteiger partial charge in [-0.3, -0.25) is 0 Å². The van der Waals surface area contributed by atoms with Gasteiger partial charge < -0.3 is 9.47 Å². The van der Waals surface area contributed by atoms with E-state index in [1.165, 1.54) is 0 Å². The maximum Gasteiger partial charge on any atom is 0.363 e. The molecule has 29 heavy (non-hydrogen) atoms. The van der Waals surface area contributed by atoms with E-state index in [4.69, 9.17) is 21.1 Å². The molecule has 4 rings (SSSR count). The van der Waals surface area contributed by atoms with E-state index < -0.39 is 5.97 Å². The Balaban J connectivity index is 1.45. The highest BCUT2D eigenvalue weighted by Crippen LogP contribution is 2.22. The summed E-state index contributed by atoms with van der Waals surface area (Å²) >= 11 is 9.36. The van der Waals surface area contributed by atoms with Crippen LogP contribution in [0.15, 0.2) is 88.0 Å². The maximum absolute atomic E-state index is 12.1. The largest absolute Gasteiger partial charge is 0.489 e. The molecule has 0 saturated heterocycles. The van der Waals surface area contributed by atoms with E-state index in [2.05, 4.69) is 20.9 Å². The van der Waals surface area contributed by atoms with E-state index in [0.717, 1.165) is 26.9 Å². The minimum absolute atomic E-state index is 0.260. The van der Waals surface area contributed by atoms with E-state index in [0.29, 0.717) is 17.5 Å². The van der Waals surface area contributed by atoms with Crippen molar-refractivity contribution in [3.63, 3.8) is 0 Å². The fourth-order valence-electron chi connectivity index (χ4n) is 2.74. The molecule has 144 valence electrons. The molecule has 0 amide bonds. The molecule has 0 radical (unpaired) electrons. The molecular weight excluding hydrogens is 454 g/mol. The van der Waals surface area contributed by atoms with Gasteiger partial charge in [0.05, 0.1) is 0 Å². The van der Waals surface area contributed by atoms with Crippen LogP contribution in [0.4, 0.5) is 0 Å². The Morgan fingerprint density at radius 1 is 1.03 bits per heavy atom. The standard InChI is InChI=1S/C23H15BrClNO3/c24-18-8-6-17(7-9-18)22-26-21(23(27)29-22)13-15-4-10-20(11-5-15)28-14-16-2-1-3-19(25)12-16/h1-13H,14H2/b21-13-. The molecule has 0 N–H and O–H groups in total. The molecule has 1 aliphatic rings. The number of carbonyl (C=O) groups is 1. The van der Waals surface area contributed by atoms with Crippen LogP contribution < -0.4 is 4.74 Å². The lowest BCUT2D eigenvalue weighted by Gasteiger charge is -2.07. The highest BCUT2D eigenvalue weighted by atomic mass is 79.9. The maximum atomic E-state index is 12.1. The van der Waals surface area contributed by atoms with Gasteiger partial charge in [0.2, 0.25) is 5.90 Å². The predicted octanol–water partition coefficient (Wildman–Crippen LogP) is 6.03. The molecule has 1 aliphatic heterocycles. The molecule has 4 nitrogen and oxygen atoms in total. The molecule has 3 aromatic carbocycles. The summed E-state index contributed by atoms with van der Waals surface area (Å²) in [5, 5.41) is 0.680. The molecule has 0 bridgehead atoms. The van der Waals surface area contributed by atoms with E-state index in [-0.39, 0.29) is 5.70 Å². The number of carbonyl (C=O) groups excluding carboxylic acids is 1. The zero-order valence-corrected chi connectivity index (χ0v) is 17.5. The number of benzene rings is 3. The van der Waals surface area contributed by atoms with Crippen molar-refractivity contribution in [1.82, 2.24) is 0 Å². The van der Waals surface area contributed by atoms with Gasteiger partial charge in [-0.15, -0.1) is 0 Å². The van der Waals surface area contributed by atoms with Gasteiger partial charge in [-0.1, -0.05) is 51.8 Å². The second kappa shape index (κ2) is 8.64. The van der Waals surface area contributed by atoms with Crippen molar-refractivity contribution in [2.75, 3.05) is 0 Å². The van der Waals surface area contributed by atoms with Gasteiger partial charge in [-0.2, -0.15) is 0 Å². The highest BCUT2D eigenvalue weighted by molar-refractivity contribution is 9.10. The molecular formula is C23H15BrClNO3. The quantitative estimate of drug-likeness (QED) is 0.339. The molecule has 0 aromatic heterocycles. The van der Waals surface area contributed by atoms with E-state index in [1.54, 1.807) is 6.08 Å². The van der Waals surface area contributed by atoms with E-state index >= 15 is 0 Å². The molecule has 3 aromatic rings. The number of esters is 1. The zero-order chi connectivity index (χ0) is 20.2. The minimum atomic E-state index is -0.468. The normalized spacial score (nSPS) is 14.6. The Morgan fingerprint density at radius 2 is 1.79 bits per heavy atom. The first kappa shape index (κ1) is 19.4. The lowest BCUT2D eigenvalue weighted by molar-refractivity contribution is -0.129. The van der Waals surface area contributed by atoms with Gasteiger partial charge in [0, 0.05) is 15.1 Å². The van der Waals surface area contributed by atoms with Crippen LogP contribution in [0.5, 0.6) is 5.75 Å². The van der Waals surface area contributed by atoms with Crippen molar-refractivity contribution in [2.45, 2.75) is 6.61 Å². The van der Waals surface area contributed by atoms with Crippen molar-refractivity contribution in [1.29, 1.82) is 0 Å². The summed E-state index contributed by atoms with van der Waals surface area (Å²) in [5.74, 6) is 0.555. The third kappa shape index (κ3) is 4.94. The monoisotopic (exact) mass is 467 g/mol. The Hall–Kier alpha value is -2.89. The van der Waals surface area contributed by atoms with Crippen LogP contribution >= 0.6 is 27.5 Å². The summed E-state index contributed by atoms with van der Waals surface area (Å²) in [6.45, 7) is 0.425. The molecule has 0 spiro atoms. The van der Waals surface area contributed by atoms with Gasteiger partial charge in [0.15, 0.2) is 5.70 Å².